The summed E-state index contributed by atoms with van der Waals surface area (Å²) in [5.74, 6) is 0.0367. The number of carbonyl (C=O) groups is 2. The predicted molar refractivity (Wildman–Crippen MR) is 93.6 cm³/mol. The number of aliphatic hydroxyl groups excluding tert-OH is 1. The Morgan fingerprint density at radius 1 is 1.33 bits per heavy atom. The summed E-state index contributed by atoms with van der Waals surface area (Å²) in [7, 11) is 1.77. The van der Waals surface area contributed by atoms with Crippen LogP contribution in [0.2, 0.25) is 0 Å². The molecular weight excluding hydrogens is 304 g/mol. The molecule has 2 rings (SSSR count). The van der Waals surface area contributed by atoms with E-state index < -0.39 is 11.5 Å². The summed E-state index contributed by atoms with van der Waals surface area (Å²) < 4.78 is 0. The summed E-state index contributed by atoms with van der Waals surface area (Å²) in [5, 5.41) is 9.41. The normalized spacial score (nSPS) is 22.1. The molecule has 5 heteroatoms. The van der Waals surface area contributed by atoms with Gasteiger partial charge in [-0.2, -0.15) is 0 Å². The molecule has 132 valence electrons. The van der Waals surface area contributed by atoms with Gasteiger partial charge in [0.2, 0.25) is 5.91 Å². The van der Waals surface area contributed by atoms with Gasteiger partial charge < -0.3 is 14.9 Å². The number of amides is 2. The van der Waals surface area contributed by atoms with Gasteiger partial charge in [-0.05, 0) is 45.2 Å². The maximum Gasteiger partial charge on any atom is 0.253 e. The predicted octanol–water partition coefficient (Wildman–Crippen LogP) is 2.16. The zero-order valence-electron chi connectivity index (χ0n) is 14.9. The maximum atomic E-state index is 12.8. The Hall–Kier alpha value is -1.88. The molecule has 0 radical (unpaired) electrons. The first-order valence-electron chi connectivity index (χ1n) is 8.61. The van der Waals surface area contributed by atoms with Crippen LogP contribution in [0.1, 0.15) is 43.5 Å². The van der Waals surface area contributed by atoms with Crippen molar-refractivity contribution in [2.75, 3.05) is 26.7 Å². The SMILES string of the molecule is CC(O)CCN(C)C(=O)C1(C)CCCN(C(=O)c2ccccc2)C1. The van der Waals surface area contributed by atoms with Crippen molar-refractivity contribution in [3.05, 3.63) is 35.9 Å². The van der Waals surface area contributed by atoms with E-state index in [2.05, 4.69) is 0 Å². The lowest BCUT2D eigenvalue weighted by Gasteiger charge is -2.41. The van der Waals surface area contributed by atoms with Gasteiger partial charge in [0.15, 0.2) is 0 Å². The number of carbonyl (C=O) groups excluding carboxylic acids is 2. The van der Waals surface area contributed by atoms with E-state index in [0.29, 0.717) is 31.6 Å². The number of rotatable bonds is 5. The van der Waals surface area contributed by atoms with Crippen molar-refractivity contribution in [1.29, 1.82) is 0 Å². The van der Waals surface area contributed by atoms with E-state index in [0.717, 1.165) is 12.8 Å². The van der Waals surface area contributed by atoms with Crippen LogP contribution in [-0.4, -0.2) is 59.5 Å². The number of piperidine rings is 1. The minimum Gasteiger partial charge on any atom is -0.393 e. The monoisotopic (exact) mass is 332 g/mol. The van der Waals surface area contributed by atoms with Gasteiger partial charge in [0.25, 0.3) is 5.91 Å². The Morgan fingerprint density at radius 2 is 2.00 bits per heavy atom. The average molecular weight is 332 g/mol. The number of hydrogen-bond acceptors (Lipinski definition) is 3. The van der Waals surface area contributed by atoms with Crippen molar-refractivity contribution in [1.82, 2.24) is 9.80 Å². The number of aliphatic hydroxyl groups is 1. The van der Waals surface area contributed by atoms with Crippen molar-refractivity contribution in [3.8, 4) is 0 Å². The summed E-state index contributed by atoms with van der Waals surface area (Å²) >= 11 is 0. The third-order valence-corrected chi connectivity index (χ3v) is 4.75. The van der Waals surface area contributed by atoms with Crippen LogP contribution in [0.25, 0.3) is 0 Å². The number of benzene rings is 1. The van der Waals surface area contributed by atoms with Gasteiger partial charge in [0.05, 0.1) is 11.5 Å². The molecule has 1 fully saturated rings. The molecule has 2 amide bonds. The average Bonchev–Trinajstić information content (AvgIpc) is 2.59. The van der Waals surface area contributed by atoms with E-state index >= 15 is 0 Å². The van der Waals surface area contributed by atoms with Gasteiger partial charge in [-0.3, -0.25) is 9.59 Å². The first kappa shape index (κ1) is 18.5. The molecule has 24 heavy (non-hydrogen) atoms. The van der Waals surface area contributed by atoms with E-state index in [1.807, 2.05) is 37.3 Å². The molecule has 0 aliphatic carbocycles. The Morgan fingerprint density at radius 3 is 2.62 bits per heavy atom. The second-order valence-corrected chi connectivity index (χ2v) is 7.12. The van der Waals surface area contributed by atoms with E-state index in [9.17, 15) is 14.7 Å². The summed E-state index contributed by atoms with van der Waals surface area (Å²) in [4.78, 5) is 29.0. The van der Waals surface area contributed by atoms with Crippen molar-refractivity contribution in [3.63, 3.8) is 0 Å². The topological polar surface area (TPSA) is 60.9 Å². The van der Waals surface area contributed by atoms with Gasteiger partial charge in [-0.15, -0.1) is 0 Å². The number of likely N-dealkylation sites (tertiary alicyclic amines) is 1. The van der Waals surface area contributed by atoms with Crippen LogP contribution in [0, 0.1) is 5.41 Å². The van der Waals surface area contributed by atoms with Gasteiger partial charge >= 0.3 is 0 Å². The van der Waals surface area contributed by atoms with Crippen LogP contribution in [0.5, 0.6) is 0 Å². The maximum absolute atomic E-state index is 12.8. The molecule has 1 aromatic carbocycles. The molecule has 1 aliphatic rings. The Kier molecular flexibility index (Phi) is 5.99. The van der Waals surface area contributed by atoms with E-state index in [-0.39, 0.29) is 11.8 Å². The summed E-state index contributed by atoms with van der Waals surface area (Å²) in [5.41, 5.74) is 0.104. The van der Waals surface area contributed by atoms with Crippen LogP contribution >= 0.6 is 0 Å². The fourth-order valence-corrected chi connectivity index (χ4v) is 3.29. The Balaban J connectivity index is 2.05. The van der Waals surface area contributed by atoms with Crippen LogP contribution in [0.15, 0.2) is 30.3 Å². The minimum absolute atomic E-state index is 0.0130. The van der Waals surface area contributed by atoms with E-state index in [1.165, 1.54) is 0 Å². The molecule has 0 saturated carbocycles. The molecule has 0 bridgehead atoms. The second-order valence-electron chi connectivity index (χ2n) is 7.12. The largest absolute Gasteiger partial charge is 0.393 e. The molecule has 0 aromatic heterocycles. The molecule has 0 spiro atoms. The first-order chi connectivity index (χ1) is 11.3. The molecule has 1 aromatic rings. The molecule has 5 nitrogen and oxygen atoms in total. The zero-order valence-corrected chi connectivity index (χ0v) is 14.9. The third kappa shape index (κ3) is 4.35. The molecule has 1 saturated heterocycles. The van der Waals surface area contributed by atoms with E-state index in [1.54, 1.807) is 23.8 Å². The number of hydrogen-bond donors (Lipinski definition) is 1. The lowest BCUT2D eigenvalue weighted by Crippen LogP contribution is -2.52. The third-order valence-electron chi connectivity index (χ3n) is 4.75. The summed E-state index contributed by atoms with van der Waals surface area (Å²) in [6.45, 7) is 5.32. The fraction of sp³-hybridized carbons (Fsp3) is 0.579. The van der Waals surface area contributed by atoms with Crippen LogP contribution in [0.3, 0.4) is 0 Å². The van der Waals surface area contributed by atoms with Crippen LogP contribution < -0.4 is 0 Å². The van der Waals surface area contributed by atoms with Crippen molar-refractivity contribution < 1.29 is 14.7 Å². The highest BCUT2D eigenvalue weighted by Gasteiger charge is 2.40. The van der Waals surface area contributed by atoms with Crippen molar-refractivity contribution >= 4 is 11.8 Å². The fourth-order valence-electron chi connectivity index (χ4n) is 3.29. The first-order valence-corrected chi connectivity index (χ1v) is 8.61. The summed E-state index contributed by atoms with van der Waals surface area (Å²) in [6.07, 6.45) is 1.75. The molecule has 1 aliphatic heterocycles. The zero-order chi connectivity index (χ0) is 17.7. The number of nitrogens with zero attached hydrogens (tertiary/aromatic N) is 2. The Labute approximate surface area is 144 Å². The standard InChI is InChI=1S/C19H28N2O3/c1-15(22)10-13-20(3)18(24)19(2)11-7-12-21(14-19)17(23)16-8-5-4-6-9-16/h4-6,8-9,15,22H,7,10-14H2,1-3H3. The molecule has 1 N–H and O–H groups in total. The van der Waals surface area contributed by atoms with Gasteiger partial charge in [0.1, 0.15) is 0 Å². The smallest absolute Gasteiger partial charge is 0.253 e. The highest BCUT2D eigenvalue weighted by molar-refractivity contribution is 5.95. The van der Waals surface area contributed by atoms with Crippen LogP contribution in [-0.2, 0) is 4.79 Å². The quantitative estimate of drug-likeness (QED) is 0.899. The second kappa shape index (κ2) is 7.79. The highest BCUT2D eigenvalue weighted by Crippen LogP contribution is 2.32. The van der Waals surface area contributed by atoms with Gasteiger partial charge in [0, 0.05) is 32.2 Å². The lowest BCUT2D eigenvalue weighted by molar-refractivity contribution is -0.142. The van der Waals surface area contributed by atoms with Gasteiger partial charge in [-0.25, -0.2) is 0 Å². The van der Waals surface area contributed by atoms with Crippen molar-refractivity contribution in [2.45, 2.75) is 39.2 Å². The molecule has 1 heterocycles. The summed E-state index contributed by atoms with van der Waals surface area (Å²) in [6, 6.07) is 9.21. The van der Waals surface area contributed by atoms with Crippen LogP contribution in [0.4, 0.5) is 0 Å². The van der Waals surface area contributed by atoms with Gasteiger partial charge in [-0.1, -0.05) is 18.2 Å². The minimum atomic E-state index is -0.559. The Bertz CT molecular complexity index is 573. The lowest BCUT2D eigenvalue weighted by atomic mass is 9.80. The highest BCUT2D eigenvalue weighted by atomic mass is 16.3. The van der Waals surface area contributed by atoms with Crippen molar-refractivity contribution in [2.24, 2.45) is 5.41 Å². The molecular formula is C19H28N2O3. The van der Waals surface area contributed by atoms with E-state index in [4.69, 9.17) is 0 Å². The molecule has 2 atom stereocenters. The molecule has 2 unspecified atom stereocenters.